The van der Waals surface area contributed by atoms with Crippen molar-refractivity contribution in [1.29, 1.82) is 0 Å². The van der Waals surface area contributed by atoms with Crippen molar-refractivity contribution in [2.24, 2.45) is 5.92 Å². The predicted octanol–water partition coefficient (Wildman–Crippen LogP) is 0.930. The number of aryl methyl sites for hydroxylation is 1. The largest absolute Gasteiger partial charge is 0.391 e. The Bertz CT molecular complexity index is 887. The normalized spacial score (nSPS) is 20.8. The first-order chi connectivity index (χ1) is 11.6. The van der Waals surface area contributed by atoms with Crippen molar-refractivity contribution >= 4 is 16.9 Å². The van der Waals surface area contributed by atoms with Gasteiger partial charge in [0.2, 0.25) is 11.4 Å². The quantitative estimate of drug-likeness (QED) is 0.741. The average molecular weight is 327 g/mol. The molecule has 0 saturated carbocycles. The van der Waals surface area contributed by atoms with E-state index >= 15 is 0 Å². The molecule has 4 heterocycles. The molecular weight excluding hydrogens is 310 g/mol. The van der Waals surface area contributed by atoms with Crippen LogP contribution >= 0.6 is 0 Å². The van der Waals surface area contributed by atoms with Crippen molar-refractivity contribution in [3.05, 3.63) is 41.5 Å². The van der Waals surface area contributed by atoms with E-state index in [4.69, 9.17) is 4.52 Å². The van der Waals surface area contributed by atoms with Crippen molar-refractivity contribution < 1.29 is 14.4 Å². The smallest absolute Gasteiger partial charge is 0.293 e. The Morgan fingerprint density at radius 1 is 1.50 bits per heavy atom. The maximum atomic E-state index is 12.7. The number of amides is 1. The lowest BCUT2D eigenvalue weighted by Gasteiger charge is -2.13. The topological polar surface area (TPSA) is 108 Å². The summed E-state index contributed by atoms with van der Waals surface area (Å²) in [5.41, 5.74) is 2.27. The van der Waals surface area contributed by atoms with Crippen LogP contribution in [0.5, 0.6) is 0 Å². The zero-order valence-electron chi connectivity index (χ0n) is 13.1. The molecule has 4 rings (SSSR count). The highest BCUT2D eigenvalue weighted by Crippen LogP contribution is 2.25. The number of nitrogens with one attached hydrogen (secondary N) is 1. The summed E-state index contributed by atoms with van der Waals surface area (Å²) in [6, 6.07) is 5.44. The van der Waals surface area contributed by atoms with E-state index in [0.29, 0.717) is 24.0 Å². The average Bonchev–Trinajstić information content (AvgIpc) is 3.27. The van der Waals surface area contributed by atoms with E-state index < -0.39 is 6.10 Å². The van der Waals surface area contributed by atoms with Gasteiger partial charge in [-0.3, -0.25) is 9.89 Å². The third kappa shape index (κ3) is 2.54. The van der Waals surface area contributed by atoms with Crippen LogP contribution in [0.3, 0.4) is 0 Å². The molecule has 0 unspecified atom stereocenters. The molecule has 0 bridgehead atoms. The summed E-state index contributed by atoms with van der Waals surface area (Å²) in [6.07, 6.45) is 1.63. The number of aromatic amines is 1. The zero-order chi connectivity index (χ0) is 16.7. The van der Waals surface area contributed by atoms with Crippen molar-refractivity contribution in [2.75, 3.05) is 13.1 Å². The first kappa shape index (κ1) is 14.8. The molecule has 8 heteroatoms. The van der Waals surface area contributed by atoms with E-state index in [1.807, 2.05) is 13.0 Å². The van der Waals surface area contributed by atoms with Gasteiger partial charge in [-0.25, -0.2) is 4.98 Å². The number of carbonyl (C=O) groups excluding carboxylic acids is 1. The molecule has 8 nitrogen and oxygen atoms in total. The highest BCUT2D eigenvalue weighted by molar-refractivity contribution is 6.02. The summed E-state index contributed by atoms with van der Waals surface area (Å²) in [4.78, 5) is 18.4. The number of β-amino-alcohol motifs (C(OH)–C–C–N with tert-alkyl or cyclic N) is 1. The molecule has 1 aliphatic rings. The molecule has 1 amide bonds. The van der Waals surface area contributed by atoms with Gasteiger partial charge in [-0.2, -0.15) is 5.10 Å². The number of hydrogen-bond donors (Lipinski definition) is 2. The molecule has 1 saturated heterocycles. The standard InChI is InChI=1S/C16H17N5O3/c1-9-5-11(19-18-9)6-10-7-21(8-13(10)22)16(23)14-12-3-2-4-17-15(12)20-24-14/h2-5,10,13,22H,6-8H2,1H3,(H,18,19)/t10-,13-/m1/s1. The van der Waals surface area contributed by atoms with E-state index in [1.165, 1.54) is 0 Å². The lowest BCUT2D eigenvalue weighted by atomic mass is 10.0. The van der Waals surface area contributed by atoms with Gasteiger partial charge in [0.25, 0.3) is 5.91 Å². The molecule has 0 spiro atoms. The minimum atomic E-state index is -0.585. The van der Waals surface area contributed by atoms with Gasteiger partial charge in [-0.05, 0) is 31.5 Å². The highest BCUT2D eigenvalue weighted by atomic mass is 16.5. The highest BCUT2D eigenvalue weighted by Gasteiger charge is 2.36. The van der Waals surface area contributed by atoms with E-state index in [9.17, 15) is 9.90 Å². The van der Waals surface area contributed by atoms with Crippen LogP contribution in [-0.4, -0.2) is 55.4 Å². The monoisotopic (exact) mass is 327 g/mol. The second kappa shape index (κ2) is 5.72. The van der Waals surface area contributed by atoms with E-state index in [-0.39, 0.29) is 24.1 Å². The van der Waals surface area contributed by atoms with Gasteiger partial charge in [0.15, 0.2) is 0 Å². The second-order valence-electron chi connectivity index (χ2n) is 6.17. The van der Waals surface area contributed by atoms with E-state index in [1.54, 1.807) is 23.2 Å². The zero-order valence-corrected chi connectivity index (χ0v) is 13.1. The lowest BCUT2D eigenvalue weighted by molar-refractivity contribution is 0.0726. The molecule has 24 heavy (non-hydrogen) atoms. The van der Waals surface area contributed by atoms with Gasteiger partial charge in [0.1, 0.15) is 0 Å². The Morgan fingerprint density at radius 3 is 3.17 bits per heavy atom. The van der Waals surface area contributed by atoms with Crippen LogP contribution in [0.4, 0.5) is 0 Å². The number of carbonyl (C=O) groups is 1. The molecule has 0 radical (unpaired) electrons. The summed E-state index contributed by atoms with van der Waals surface area (Å²) in [5.74, 6) is -0.157. The van der Waals surface area contributed by atoms with Crippen molar-refractivity contribution in [1.82, 2.24) is 25.2 Å². The third-order valence-electron chi connectivity index (χ3n) is 4.37. The fraction of sp³-hybridized carbons (Fsp3) is 0.375. The fourth-order valence-corrected chi connectivity index (χ4v) is 3.15. The minimum Gasteiger partial charge on any atom is -0.391 e. The molecule has 2 atom stereocenters. The lowest BCUT2D eigenvalue weighted by Crippen LogP contribution is -2.29. The molecule has 0 aliphatic carbocycles. The third-order valence-corrected chi connectivity index (χ3v) is 4.37. The van der Waals surface area contributed by atoms with E-state index in [0.717, 1.165) is 11.4 Å². The number of hydrogen-bond acceptors (Lipinski definition) is 6. The number of likely N-dealkylation sites (tertiary alicyclic amines) is 1. The van der Waals surface area contributed by atoms with Gasteiger partial charge >= 0.3 is 0 Å². The molecule has 0 aromatic carbocycles. The van der Waals surface area contributed by atoms with Gasteiger partial charge in [0, 0.05) is 30.9 Å². The first-order valence-electron chi connectivity index (χ1n) is 7.80. The van der Waals surface area contributed by atoms with Crippen LogP contribution in [-0.2, 0) is 6.42 Å². The summed E-state index contributed by atoms with van der Waals surface area (Å²) in [6.45, 7) is 2.66. The van der Waals surface area contributed by atoms with Gasteiger partial charge in [0.05, 0.1) is 17.2 Å². The van der Waals surface area contributed by atoms with Gasteiger partial charge < -0.3 is 14.5 Å². The predicted molar refractivity (Wildman–Crippen MR) is 84.2 cm³/mol. The van der Waals surface area contributed by atoms with E-state index in [2.05, 4.69) is 20.3 Å². The number of fused-ring (bicyclic) bond motifs is 1. The van der Waals surface area contributed by atoms with Crippen LogP contribution in [0.1, 0.15) is 21.9 Å². The number of nitrogens with zero attached hydrogens (tertiary/aromatic N) is 4. The summed E-state index contributed by atoms with van der Waals surface area (Å²) in [5, 5.41) is 21.8. The SMILES string of the molecule is Cc1cc(C[C@@H]2CN(C(=O)c3onc4ncccc34)C[C@H]2O)n[nH]1. The number of H-pyrrole nitrogens is 1. The number of aliphatic hydroxyl groups excluding tert-OH is 1. The summed E-state index contributed by atoms with van der Waals surface area (Å²) in [7, 11) is 0. The van der Waals surface area contributed by atoms with Crippen LogP contribution in [0.2, 0.25) is 0 Å². The summed E-state index contributed by atoms with van der Waals surface area (Å²) < 4.78 is 5.18. The number of aromatic nitrogens is 4. The van der Waals surface area contributed by atoms with Crippen LogP contribution < -0.4 is 0 Å². The van der Waals surface area contributed by atoms with Gasteiger partial charge in [-0.1, -0.05) is 5.16 Å². The Balaban J connectivity index is 1.52. The fourth-order valence-electron chi connectivity index (χ4n) is 3.15. The Labute approximate surface area is 137 Å². The Hall–Kier alpha value is -2.74. The Kier molecular flexibility index (Phi) is 3.53. The maximum absolute atomic E-state index is 12.7. The molecular formula is C16H17N5O3. The minimum absolute atomic E-state index is 0.0519. The van der Waals surface area contributed by atoms with Crippen LogP contribution in [0, 0.1) is 12.8 Å². The second-order valence-corrected chi connectivity index (χ2v) is 6.17. The summed E-state index contributed by atoms with van der Waals surface area (Å²) >= 11 is 0. The molecule has 1 fully saturated rings. The number of pyridine rings is 1. The van der Waals surface area contributed by atoms with Crippen LogP contribution in [0.15, 0.2) is 28.9 Å². The Morgan fingerprint density at radius 2 is 2.38 bits per heavy atom. The first-order valence-corrected chi connectivity index (χ1v) is 7.80. The van der Waals surface area contributed by atoms with Crippen LogP contribution in [0.25, 0.3) is 11.0 Å². The number of rotatable bonds is 3. The molecule has 3 aromatic heterocycles. The van der Waals surface area contributed by atoms with Crippen molar-refractivity contribution in [3.8, 4) is 0 Å². The number of aliphatic hydroxyl groups is 1. The van der Waals surface area contributed by atoms with Crippen molar-refractivity contribution in [2.45, 2.75) is 19.4 Å². The molecule has 2 N–H and O–H groups in total. The maximum Gasteiger partial charge on any atom is 0.293 e. The molecule has 3 aromatic rings. The molecule has 124 valence electrons. The van der Waals surface area contributed by atoms with Crippen molar-refractivity contribution in [3.63, 3.8) is 0 Å². The molecule has 1 aliphatic heterocycles. The van der Waals surface area contributed by atoms with Gasteiger partial charge in [-0.15, -0.1) is 0 Å².